The third kappa shape index (κ3) is 1.66. The molecule has 5 heteroatoms. The number of pyridine rings is 1. The van der Waals surface area contributed by atoms with Gasteiger partial charge in [-0.3, -0.25) is 9.48 Å². The van der Waals surface area contributed by atoms with Crippen LogP contribution in [-0.4, -0.2) is 14.8 Å². The van der Waals surface area contributed by atoms with Crippen molar-refractivity contribution in [1.29, 1.82) is 0 Å². The summed E-state index contributed by atoms with van der Waals surface area (Å²) in [7, 11) is 1.78. The number of rotatable bonds is 2. The van der Waals surface area contributed by atoms with Gasteiger partial charge in [0.1, 0.15) is 0 Å². The number of aryl methyl sites for hydroxylation is 1. The zero-order valence-corrected chi connectivity index (χ0v) is 7.60. The molecular formula is C9H9N3O2. The topological polar surface area (TPSA) is 59.9 Å². The molecule has 0 saturated carbocycles. The lowest BCUT2D eigenvalue weighted by Gasteiger charge is -1.99. The standard InChI is InChI=1S/C9H9N3O2/c1-12-6-7(5-11-12)14-8-3-2-4-10-9(8)13/h2-6H,1H3,(H,10,13). The van der Waals surface area contributed by atoms with E-state index in [4.69, 9.17) is 4.74 Å². The Morgan fingerprint density at radius 3 is 3.07 bits per heavy atom. The fourth-order valence-corrected chi connectivity index (χ4v) is 1.06. The van der Waals surface area contributed by atoms with E-state index in [0.29, 0.717) is 5.75 Å². The first kappa shape index (κ1) is 8.55. The summed E-state index contributed by atoms with van der Waals surface area (Å²) in [5, 5.41) is 3.92. The molecule has 0 bridgehead atoms. The minimum atomic E-state index is -0.253. The van der Waals surface area contributed by atoms with E-state index < -0.39 is 0 Å². The lowest BCUT2D eigenvalue weighted by molar-refractivity contribution is 0.474. The fourth-order valence-electron chi connectivity index (χ4n) is 1.06. The molecular weight excluding hydrogens is 182 g/mol. The molecule has 5 nitrogen and oxygen atoms in total. The van der Waals surface area contributed by atoms with Gasteiger partial charge in [0.05, 0.1) is 12.4 Å². The van der Waals surface area contributed by atoms with Crippen LogP contribution in [0.3, 0.4) is 0 Å². The highest BCUT2D eigenvalue weighted by Gasteiger charge is 2.02. The Morgan fingerprint density at radius 2 is 2.43 bits per heavy atom. The average molecular weight is 191 g/mol. The first-order valence-electron chi connectivity index (χ1n) is 4.10. The summed E-state index contributed by atoms with van der Waals surface area (Å²) < 4.78 is 6.91. The predicted molar refractivity (Wildman–Crippen MR) is 50.3 cm³/mol. The van der Waals surface area contributed by atoms with Crippen LogP contribution in [0.5, 0.6) is 11.5 Å². The summed E-state index contributed by atoms with van der Waals surface area (Å²) in [5.74, 6) is 0.810. The third-order valence-electron chi connectivity index (χ3n) is 1.69. The average Bonchev–Trinajstić information content (AvgIpc) is 2.56. The summed E-state index contributed by atoms with van der Waals surface area (Å²) in [6.07, 6.45) is 4.79. The Labute approximate surface area is 80.0 Å². The molecule has 0 aliphatic heterocycles. The van der Waals surface area contributed by atoms with Crippen molar-refractivity contribution in [2.45, 2.75) is 0 Å². The van der Waals surface area contributed by atoms with Crippen molar-refractivity contribution in [2.24, 2.45) is 7.05 Å². The number of nitrogens with one attached hydrogen (secondary N) is 1. The zero-order valence-electron chi connectivity index (χ0n) is 7.60. The first-order chi connectivity index (χ1) is 6.75. The van der Waals surface area contributed by atoms with Gasteiger partial charge in [0.25, 0.3) is 5.56 Å². The molecule has 0 aliphatic rings. The molecule has 2 rings (SSSR count). The van der Waals surface area contributed by atoms with Crippen LogP contribution in [0.15, 0.2) is 35.5 Å². The second-order valence-corrected chi connectivity index (χ2v) is 2.82. The number of hydrogen-bond acceptors (Lipinski definition) is 3. The van der Waals surface area contributed by atoms with Gasteiger partial charge in [-0.05, 0) is 12.1 Å². The van der Waals surface area contributed by atoms with Crippen LogP contribution in [0.1, 0.15) is 0 Å². The Kier molecular flexibility index (Phi) is 2.06. The fraction of sp³-hybridized carbons (Fsp3) is 0.111. The van der Waals surface area contributed by atoms with Gasteiger partial charge in [0.15, 0.2) is 11.5 Å². The molecule has 0 radical (unpaired) electrons. The molecule has 72 valence electrons. The van der Waals surface area contributed by atoms with Gasteiger partial charge >= 0.3 is 0 Å². The van der Waals surface area contributed by atoms with Crippen LogP contribution >= 0.6 is 0 Å². The van der Waals surface area contributed by atoms with E-state index in [2.05, 4.69) is 10.1 Å². The summed E-state index contributed by atoms with van der Waals surface area (Å²) in [4.78, 5) is 13.7. The number of nitrogens with zero attached hydrogens (tertiary/aromatic N) is 2. The Balaban J connectivity index is 2.27. The third-order valence-corrected chi connectivity index (χ3v) is 1.69. The van der Waals surface area contributed by atoms with Gasteiger partial charge in [-0.2, -0.15) is 5.10 Å². The van der Waals surface area contributed by atoms with Crippen LogP contribution in [0.25, 0.3) is 0 Å². The smallest absolute Gasteiger partial charge is 0.290 e. The first-order valence-corrected chi connectivity index (χ1v) is 4.10. The molecule has 2 aromatic rings. The van der Waals surface area contributed by atoms with E-state index in [1.165, 1.54) is 0 Å². The minimum absolute atomic E-state index is 0.253. The van der Waals surface area contributed by atoms with E-state index in [-0.39, 0.29) is 11.3 Å². The molecule has 14 heavy (non-hydrogen) atoms. The van der Waals surface area contributed by atoms with Gasteiger partial charge in [0.2, 0.25) is 0 Å². The molecule has 0 unspecified atom stereocenters. The van der Waals surface area contributed by atoms with Gasteiger partial charge < -0.3 is 9.72 Å². The molecule has 1 N–H and O–H groups in total. The molecule has 0 aromatic carbocycles. The quantitative estimate of drug-likeness (QED) is 0.767. The van der Waals surface area contributed by atoms with Crippen molar-refractivity contribution in [3.8, 4) is 11.5 Å². The summed E-state index contributed by atoms with van der Waals surface area (Å²) >= 11 is 0. The van der Waals surface area contributed by atoms with E-state index in [1.54, 1.807) is 42.5 Å². The van der Waals surface area contributed by atoms with Crippen molar-refractivity contribution in [3.05, 3.63) is 41.1 Å². The lowest BCUT2D eigenvalue weighted by atomic mass is 10.4. The number of aromatic nitrogens is 3. The van der Waals surface area contributed by atoms with Crippen LogP contribution in [0.4, 0.5) is 0 Å². The molecule has 0 aliphatic carbocycles. The minimum Gasteiger partial charge on any atom is -0.448 e. The van der Waals surface area contributed by atoms with Crippen LogP contribution < -0.4 is 10.3 Å². The van der Waals surface area contributed by atoms with Gasteiger partial charge in [-0.15, -0.1) is 0 Å². The van der Waals surface area contributed by atoms with E-state index in [9.17, 15) is 4.79 Å². The maximum absolute atomic E-state index is 11.2. The maximum Gasteiger partial charge on any atom is 0.290 e. The normalized spacial score (nSPS) is 10.1. The lowest BCUT2D eigenvalue weighted by Crippen LogP contribution is -2.06. The second kappa shape index (κ2) is 3.37. The maximum atomic E-state index is 11.2. The Morgan fingerprint density at radius 1 is 1.57 bits per heavy atom. The predicted octanol–water partition coefficient (Wildman–Crippen LogP) is 0.901. The second-order valence-electron chi connectivity index (χ2n) is 2.82. The monoisotopic (exact) mass is 191 g/mol. The molecule has 0 spiro atoms. The van der Waals surface area contributed by atoms with Gasteiger partial charge in [-0.25, -0.2) is 0 Å². The van der Waals surface area contributed by atoms with Crippen molar-refractivity contribution in [2.75, 3.05) is 0 Å². The zero-order chi connectivity index (χ0) is 9.97. The Bertz CT molecular complexity index is 487. The van der Waals surface area contributed by atoms with Crippen molar-refractivity contribution >= 4 is 0 Å². The summed E-state index contributed by atoms with van der Waals surface area (Å²) in [6.45, 7) is 0. The van der Waals surface area contributed by atoms with Crippen molar-refractivity contribution < 1.29 is 4.74 Å². The number of H-pyrrole nitrogens is 1. The van der Waals surface area contributed by atoms with Crippen LogP contribution in [0.2, 0.25) is 0 Å². The Hall–Kier alpha value is -2.04. The SMILES string of the molecule is Cn1cc(Oc2ccc[nH]c2=O)cn1. The molecule has 0 atom stereocenters. The molecule has 2 aromatic heterocycles. The van der Waals surface area contributed by atoms with E-state index in [0.717, 1.165) is 0 Å². The number of aromatic amines is 1. The summed E-state index contributed by atoms with van der Waals surface area (Å²) in [5.41, 5.74) is -0.253. The number of hydrogen-bond donors (Lipinski definition) is 1. The van der Waals surface area contributed by atoms with Crippen LogP contribution in [-0.2, 0) is 7.05 Å². The molecule has 0 amide bonds. The molecule has 2 heterocycles. The summed E-state index contributed by atoms with van der Waals surface area (Å²) in [6, 6.07) is 3.30. The van der Waals surface area contributed by atoms with Crippen LogP contribution in [0, 0.1) is 0 Å². The van der Waals surface area contributed by atoms with E-state index >= 15 is 0 Å². The van der Waals surface area contributed by atoms with E-state index in [1.807, 2.05) is 0 Å². The highest BCUT2D eigenvalue weighted by molar-refractivity contribution is 5.24. The van der Waals surface area contributed by atoms with Gasteiger partial charge in [0, 0.05) is 13.2 Å². The van der Waals surface area contributed by atoms with Crippen molar-refractivity contribution in [3.63, 3.8) is 0 Å². The van der Waals surface area contributed by atoms with Crippen molar-refractivity contribution in [1.82, 2.24) is 14.8 Å². The molecule has 0 fully saturated rings. The van der Waals surface area contributed by atoms with Gasteiger partial charge in [-0.1, -0.05) is 0 Å². The molecule has 0 saturated heterocycles. The highest BCUT2D eigenvalue weighted by Crippen LogP contribution is 2.15. The largest absolute Gasteiger partial charge is 0.448 e. The number of ether oxygens (including phenoxy) is 1. The highest BCUT2D eigenvalue weighted by atomic mass is 16.5.